The standard InChI is InChI=1S/C10H11N2O2/c13-8-10(12-6-7-14-11-12)9-4-2-1-3-5-9/h1-7,10,13H,8H2/q+1/t10-/m1/s1. The Morgan fingerprint density at radius 3 is 2.71 bits per heavy atom. The normalized spacial score (nSPS) is 12.6. The number of benzene rings is 1. The number of nitrogens with zero attached hydrogens (tertiary/aromatic N) is 2. The molecule has 0 saturated carbocycles. The number of aliphatic hydroxyl groups is 1. The first kappa shape index (κ1) is 8.90. The zero-order valence-corrected chi connectivity index (χ0v) is 7.58. The smallest absolute Gasteiger partial charge is 0.238 e. The van der Waals surface area contributed by atoms with E-state index in [1.165, 1.54) is 6.26 Å². The van der Waals surface area contributed by atoms with Gasteiger partial charge in [-0.3, -0.25) is 0 Å². The predicted octanol–water partition coefficient (Wildman–Crippen LogP) is 0.544. The molecule has 0 aliphatic carbocycles. The maximum atomic E-state index is 9.25. The van der Waals surface area contributed by atoms with Crippen LogP contribution in [-0.2, 0) is 0 Å². The number of rotatable bonds is 3. The highest BCUT2D eigenvalue weighted by Gasteiger charge is 2.22. The third-order valence-corrected chi connectivity index (χ3v) is 2.09. The molecule has 1 heterocycles. The van der Waals surface area contributed by atoms with Gasteiger partial charge >= 0.3 is 0 Å². The third kappa shape index (κ3) is 1.65. The lowest BCUT2D eigenvalue weighted by molar-refractivity contribution is -0.778. The largest absolute Gasteiger partial charge is 0.389 e. The molecule has 0 unspecified atom stereocenters. The van der Waals surface area contributed by atoms with Gasteiger partial charge in [0, 0.05) is 5.56 Å². The first-order chi connectivity index (χ1) is 6.92. The molecule has 4 nitrogen and oxygen atoms in total. The van der Waals surface area contributed by atoms with Crippen LogP contribution in [0.3, 0.4) is 0 Å². The van der Waals surface area contributed by atoms with Crippen LogP contribution in [0.5, 0.6) is 0 Å². The molecule has 0 radical (unpaired) electrons. The second kappa shape index (κ2) is 4.02. The lowest BCUT2D eigenvalue weighted by atomic mass is 10.1. The third-order valence-electron chi connectivity index (χ3n) is 2.09. The van der Waals surface area contributed by atoms with Gasteiger partial charge in [0.1, 0.15) is 6.61 Å². The molecule has 0 bridgehead atoms. The fraction of sp³-hybridized carbons (Fsp3) is 0.200. The average Bonchev–Trinajstić information content (AvgIpc) is 2.74. The quantitative estimate of drug-likeness (QED) is 0.720. The first-order valence-corrected chi connectivity index (χ1v) is 4.39. The van der Waals surface area contributed by atoms with Crippen molar-refractivity contribution >= 4 is 0 Å². The topological polar surface area (TPSA) is 50.1 Å². The molecular weight excluding hydrogens is 180 g/mol. The fourth-order valence-electron chi connectivity index (χ4n) is 1.38. The van der Waals surface area contributed by atoms with Gasteiger partial charge in [-0.25, -0.2) is 0 Å². The summed E-state index contributed by atoms with van der Waals surface area (Å²) >= 11 is 0. The molecule has 0 spiro atoms. The molecule has 0 saturated heterocycles. The minimum atomic E-state index is -0.171. The second-order valence-corrected chi connectivity index (χ2v) is 2.96. The van der Waals surface area contributed by atoms with E-state index in [-0.39, 0.29) is 12.6 Å². The number of hydrogen-bond acceptors (Lipinski definition) is 3. The zero-order chi connectivity index (χ0) is 9.80. The van der Waals surface area contributed by atoms with Crippen molar-refractivity contribution in [2.75, 3.05) is 6.61 Å². The van der Waals surface area contributed by atoms with Crippen molar-refractivity contribution in [3.8, 4) is 0 Å². The predicted molar refractivity (Wildman–Crippen MR) is 48.4 cm³/mol. The maximum absolute atomic E-state index is 9.25. The van der Waals surface area contributed by atoms with Gasteiger partial charge in [0.2, 0.25) is 12.2 Å². The van der Waals surface area contributed by atoms with E-state index in [4.69, 9.17) is 4.52 Å². The van der Waals surface area contributed by atoms with Crippen LogP contribution in [0.4, 0.5) is 0 Å². The monoisotopic (exact) mass is 191 g/mol. The van der Waals surface area contributed by atoms with Crippen molar-refractivity contribution in [2.24, 2.45) is 0 Å². The van der Waals surface area contributed by atoms with E-state index in [1.807, 2.05) is 30.3 Å². The lowest BCUT2D eigenvalue weighted by Gasteiger charge is -2.03. The van der Waals surface area contributed by atoms with Crippen LogP contribution in [0.15, 0.2) is 47.3 Å². The van der Waals surface area contributed by atoms with Crippen LogP contribution in [0.2, 0.25) is 0 Å². The summed E-state index contributed by atoms with van der Waals surface area (Å²) in [4.78, 5) is 0. The van der Waals surface area contributed by atoms with Crippen molar-refractivity contribution in [2.45, 2.75) is 6.04 Å². The Morgan fingerprint density at radius 1 is 1.36 bits per heavy atom. The SMILES string of the molecule is OC[C@H](c1ccccc1)[n+]1ccon1. The van der Waals surface area contributed by atoms with Crippen LogP contribution in [0, 0.1) is 0 Å². The molecule has 1 aromatic carbocycles. The van der Waals surface area contributed by atoms with Gasteiger partial charge in [-0.2, -0.15) is 0 Å². The van der Waals surface area contributed by atoms with Crippen molar-refractivity contribution in [3.63, 3.8) is 0 Å². The van der Waals surface area contributed by atoms with Gasteiger partial charge in [0.25, 0.3) is 0 Å². The molecule has 0 aliphatic heterocycles. The van der Waals surface area contributed by atoms with Gasteiger partial charge < -0.3 is 9.63 Å². The van der Waals surface area contributed by atoms with E-state index < -0.39 is 0 Å². The summed E-state index contributed by atoms with van der Waals surface area (Å²) in [7, 11) is 0. The molecule has 1 atom stereocenters. The molecule has 1 aromatic heterocycles. The highest BCUT2D eigenvalue weighted by molar-refractivity contribution is 5.16. The Bertz CT molecular complexity index is 372. The summed E-state index contributed by atoms with van der Waals surface area (Å²) in [6, 6.07) is 9.52. The van der Waals surface area contributed by atoms with E-state index in [0.717, 1.165) is 5.56 Å². The highest BCUT2D eigenvalue weighted by Crippen LogP contribution is 2.09. The lowest BCUT2D eigenvalue weighted by Crippen LogP contribution is -2.43. The summed E-state index contributed by atoms with van der Waals surface area (Å²) in [5.41, 5.74) is 1.01. The molecule has 2 rings (SSSR count). The average molecular weight is 191 g/mol. The van der Waals surface area contributed by atoms with Gasteiger partial charge in [0.05, 0.1) is 0 Å². The Labute approximate surface area is 81.4 Å². The molecule has 0 amide bonds. The van der Waals surface area contributed by atoms with Crippen LogP contribution >= 0.6 is 0 Å². The molecule has 0 fully saturated rings. The number of aromatic nitrogens is 2. The first-order valence-electron chi connectivity index (χ1n) is 4.39. The Hall–Kier alpha value is -1.68. The van der Waals surface area contributed by atoms with Gasteiger partial charge in [-0.1, -0.05) is 30.3 Å². The zero-order valence-electron chi connectivity index (χ0n) is 7.58. The van der Waals surface area contributed by atoms with Gasteiger partial charge in [0.15, 0.2) is 11.5 Å². The molecule has 2 aromatic rings. The second-order valence-electron chi connectivity index (χ2n) is 2.96. The summed E-state index contributed by atoms with van der Waals surface area (Å²) in [5.74, 6) is 0. The molecule has 14 heavy (non-hydrogen) atoms. The summed E-state index contributed by atoms with van der Waals surface area (Å²) in [6.07, 6.45) is 3.17. The Morgan fingerprint density at radius 2 is 2.14 bits per heavy atom. The number of aliphatic hydroxyl groups excluding tert-OH is 1. The van der Waals surface area contributed by atoms with Crippen molar-refractivity contribution < 1.29 is 14.3 Å². The van der Waals surface area contributed by atoms with Crippen molar-refractivity contribution in [1.29, 1.82) is 0 Å². The van der Waals surface area contributed by atoms with E-state index in [0.29, 0.717) is 0 Å². The molecule has 0 aliphatic rings. The minimum absolute atomic E-state index is 0.00120. The Kier molecular flexibility index (Phi) is 2.55. The van der Waals surface area contributed by atoms with Crippen LogP contribution in [0.25, 0.3) is 0 Å². The minimum Gasteiger partial charge on any atom is -0.389 e. The van der Waals surface area contributed by atoms with Crippen LogP contribution in [-0.4, -0.2) is 17.0 Å². The van der Waals surface area contributed by atoms with E-state index >= 15 is 0 Å². The van der Waals surface area contributed by atoms with Crippen molar-refractivity contribution in [3.05, 3.63) is 48.4 Å². The van der Waals surface area contributed by atoms with E-state index in [1.54, 1.807) is 10.9 Å². The molecular formula is C10H11N2O2+. The highest BCUT2D eigenvalue weighted by atomic mass is 16.5. The van der Waals surface area contributed by atoms with E-state index in [9.17, 15) is 5.11 Å². The molecule has 4 heteroatoms. The summed E-state index contributed by atoms with van der Waals surface area (Å²) in [5, 5.41) is 13.0. The summed E-state index contributed by atoms with van der Waals surface area (Å²) in [6.45, 7) is 0.00120. The molecule has 1 N–H and O–H groups in total. The number of hydrogen-bond donors (Lipinski definition) is 1. The molecule has 72 valence electrons. The van der Waals surface area contributed by atoms with Crippen LogP contribution in [0.1, 0.15) is 11.6 Å². The Balaban J connectivity index is 2.31. The van der Waals surface area contributed by atoms with Gasteiger partial charge in [-0.05, 0) is 4.68 Å². The maximum Gasteiger partial charge on any atom is 0.238 e. The van der Waals surface area contributed by atoms with Gasteiger partial charge in [-0.15, -0.1) is 0 Å². The summed E-state index contributed by atoms with van der Waals surface area (Å²) < 4.78 is 6.31. The fourth-order valence-corrected chi connectivity index (χ4v) is 1.38. The van der Waals surface area contributed by atoms with E-state index in [2.05, 4.69) is 5.27 Å². The van der Waals surface area contributed by atoms with Crippen LogP contribution < -0.4 is 4.68 Å². The van der Waals surface area contributed by atoms with Crippen molar-refractivity contribution in [1.82, 2.24) is 5.27 Å².